The molecule has 0 aliphatic heterocycles. The summed E-state index contributed by atoms with van der Waals surface area (Å²) in [6.07, 6.45) is 0.159. The number of rotatable bonds is 6. The van der Waals surface area contributed by atoms with Gasteiger partial charge in [0.1, 0.15) is 10.8 Å². The summed E-state index contributed by atoms with van der Waals surface area (Å²) in [5.74, 6) is -0.611. The number of hydrogen-bond acceptors (Lipinski definition) is 4. The van der Waals surface area contributed by atoms with Crippen LogP contribution in [0.3, 0.4) is 0 Å². The Balaban J connectivity index is 1.86. The summed E-state index contributed by atoms with van der Waals surface area (Å²) in [5, 5.41) is 7.75. The van der Waals surface area contributed by atoms with Gasteiger partial charge in [-0.15, -0.1) is 11.3 Å². The maximum atomic E-state index is 13.2. The molecule has 1 heterocycles. The molecule has 2 N–H and O–H groups in total. The molecule has 0 radical (unpaired) electrons. The Morgan fingerprint density at radius 2 is 2.05 bits per heavy atom. The minimum absolute atomic E-state index is 0.131. The van der Waals surface area contributed by atoms with Gasteiger partial charge in [0.15, 0.2) is 0 Å². The molecule has 0 fully saturated rings. The van der Waals surface area contributed by atoms with Crippen LogP contribution in [0, 0.1) is 5.82 Å². The first-order valence-electron chi connectivity index (χ1n) is 6.76. The summed E-state index contributed by atoms with van der Waals surface area (Å²) < 4.78 is 13.2. The molecule has 116 valence electrons. The van der Waals surface area contributed by atoms with E-state index in [2.05, 4.69) is 15.6 Å². The maximum absolute atomic E-state index is 13.2. The molecular formula is C15H16FN3O2S. The first-order chi connectivity index (χ1) is 10.5. The zero-order chi connectivity index (χ0) is 15.9. The molecule has 0 saturated carbocycles. The van der Waals surface area contributed by atoms with Crippen molar-refractivity contribution in [3.05, 3.63) is 41.2 Å². The molecule has 0 bridgehead atoms. The number of carbonyl (C=O) groups excluding carboxylic acids is 2. The van der Waals surface area contributed by atoms with Crippen molar-refractivity contribution < 1.29 is 14.0 Å². The van der Waals surface area contributed by atoms with E-state index in [4.69, 9.17) is 0 Å². The molecule has 1 aromatic carbocycles. The number of carbonyl (C=O) groups is 2. The van der Waals surface area contributed by atoms with Crippen molar-refractivity contribution in [3.8, 4) is 10.6 Å². The van der Waals surface area contributed by atoms with Crippen molar-refractivity contribution in [1.29, 1.82) is 0 Å². The molecular weight excluding hydrogens is 305 g/mol. The average Bonchev–Trinajstić information content (AvgIpc) is 2.92. The fourth-order valence-electron chi connectivity index (χ4n) is 1.81. The first-order valence-corrected chi connectivity index (χ1v) is 7.64. The van der Waals surface area contributed by atoms with Gasteiger partial charge in [0.2, 0.25) is 11.8 Å². The predicted molar refractivity (Wildman–Crippen MR) is 82.9 cm³/mol. The van der Waals surface area contributed by atoms with E-state index in [1.165, 1.54) is 30.4 Å². The normalized spacial score (nSPS) is 10.3. The first kappa shape index (κ1) is 16.1. The molecule has 2 amide bonds. The third-order valence-electron chi connectivity index (χ3n) is 2.79. The number of amides is 2. The lowest BCUT2D eigenvalue weighted by Gasteiger charge is -2.04. The van der Waals surface area contributed by atoms with Crippen molar-refractivity contribution in [1.82, 2.24) is 15.6 Å². The van der Waals surface area contributed by atoms with Crippen molar-refractivity contribution in [3.63, 3.8) is 0 Å². The second kappa shape index (κ2) is 7.65. The number of nitrogens with zero attached hydrogens (tertiary/aromatic N) is 1. The van der Waals surface area contributed by atoms with Crippen molar-refractivity contribution in [2.45, 2.75) is 13.3 Å². The topological polar surface area (TPSA) is 71.1 Å². The van der Waals surface area contributed by atoms with Crippen LogP contribution in [-0.2, 0) is 16.0 Å². The third-order valence-corrected chi connectivity index (χ3v) is 3.73. The molecule has 22 heavy (non-hydrogen) atoms. The highest BCUT2D eigenvalue weighted by Gasteiger charge is 2.09. The van der Waals surface area contributed by atoms with Crippen LogP contribution in [0.15, 0.2) is 29.6 Å². The van der Waals surface area contributed by atoms with Crippen LogP contribution in [0.4, 0.5) is 4.39 Å². The van der Waals surface area contributed by atoms with Gasteiger partial charge in [-0.2, -0.15) is 0 Å². The molecule has 0 aliphatic rings. The Morgan fingerprint density at radius 3 is 2.77 bits per heavy atom. The Kier molecular flexibility index (Phi) is 5.60. The van der Waals surface area contributed by atoms with E-state index in [1.54, 1.807) is 17.5 Å². The largest absolute Gasteiger partial charge is 0.355 e. The second-order valence-corrected chi connectivity index (χ2v) is 5.52. The SMILES string of the molecule is CC(=O)NCCNC(=O)Cc1csc(-c2cccc(F)c2)n1. The Bertz CT molecular complexity index is 672. The number of benzene rings is 1. The van der Waals surface area contributed by atoms with Gasteiger partial charge >= 0.3 is 0 Å². The maximum Gasteiger partial charge on any atom is 0.226 e. The van der Waals surface area contributed by atoms with Gasteiger partial charge in [-0.25, -0.2) is 9.37 Å². The quantitative estimate of drug-likeness (QED) is 0.796. The van der Waals surface area contributed by atoms with E-state index in [0.29, 0.717) is 29.4 Å². The lowest BCUT2D eigenvalue weighted by Crippen LogP contribution is -2.34. The van der Waals surface area contributed by atoms with E-state index in [9.17, 15) is 14.0 Å². The monoisotopic (exact) mass is 321 g/mol. The summed E-state index contributed by atoms with van der Waals surface area (Å²) in [4.78, 5) is 26.8. The number of aromatic nitrogens is 1. The smallest absolute Gasteiger partial charge is 0.226 e. The highest BCUT2D eigenvalue weighted by Crippen LogP contribution is 2.24. The number of thiazole rings is 1. The molecule has 0 atom stereocenters. The lowest BCUT2D eigenvalue weighted by atomic mass is 10.2. The minimum atomic E-state index is -0.315. The Hall–Kier alpha value is -2.28. The zero-order valence-corrected chi connectivity index (χ0v) is 12.9. The van der Waals surface area contributed by atoms with Crippen molar-refractivity contribution in [2.75, 3.05) is 13.1 Å². The van der Waals surface area contributed by atoms with E-state index >= 15 is 0 Å². The van der Waals surface area contributed by atoms with Crippen molar-refractivity contribution in [2.24, 2.45) is 0 Å². The second-order valence-electron chi connectivity index (χ2n) is 4.66. The summed E-state index contributed by atoms with van der Waals surface area (Å²) >= 11 is 1.37. The average molecular weight is 321 g/mol. The number of halogens is 1. The van der Waals surface area contributed by atoms with Gasteiger partial charge in [-0.1, -0.05) is 12.1 Å². The van der Waals surface area contributed by atoms with Crippen LogP contribution < -0.4 is 10.6 Å². The summed E-state index contributed by atoms with van der Waals surface area (Å²) in [6, 6.07) is 6.19. The summed E-state index contributed by atoms with van der Waals surface area (Å²) in [7, 11) is 0. The van der Waals surface area contributed by atoms with Crippen LogP contribution >= 0.6 is 11.3 Å². The highest BCUT2D eigenvalue weighted by atomic mass is 32.1. The van der Waals surface area contributed by atoms with Crippen LogP contribution in [-0.4, -0.2) is 29.9 Å². The number of nitrogens with one attached hydrogen (secondary N) is 2. The molecule has 0 unspecified atom stereocenters. The molecule has 0 saturated heterocycles. The molecule has 2 aromatic rings. The van der Waals surface area contributed by atoms with Crippen LogP contribution in [0.5, 0.6) is 0 Å². The van der Waals surface area contributed by atoms with Gasteiger partial charge in [0, 0.05) is 31.0 Å². The van der Waals surface area contributed by atoms with E-state index in [0.717, 1.165) is 0 Å². The number of hydrogen-bond donors (Lipinski definition) is 2. The van der Waals surface area contributed by atoms with Gasteiger partial charge in [0.05, 0.1) is 12.1 Å². The molecule has 0 aliphatic carbocycles. The highest BCUT2D eigenvalue weighted by molar-refractivity contribution is 7.13. The molecule has 7 heteroatoms. The van der Waals surface area contributed by atoms with E-state index < -0.39 is 0 Å². The molecule has 5 nitrogen and oxygen atoms in total. The molecule has 1 aromatic heterocycles. The lowest BCUT2D eigenvalue weighted by molar-refractivity contribution is -0.121. The van der Waals surface area contributed by atoms with Crippen LogP contribution in [0.2, 0.25) is 0 Å². The minimum Gasteiger partial charge on any atom is -0.355 e. The van der Waals surface area contributed by atoms with Crippen LogP contribution in [0.1, 0.15) is 12.6 Å². The Labute approximate surface area is 131 Å². The van der Waals surface area contributed by atoms with Gasteiger partial charge in [-0.3, -0.25) is 9.59 Å². The standard InChI is InChI=1S/C15H16FN3O2S/c1-10(20)17-5-6-18-14(21)8-13-9-22-15(19-13)11-3-2-4-12(16)7-11/h2-4,7,9H,5-6,8H2,1H3,(H,17,20)(H,18,21). The zero-order valence-electron chi connectivity index (χ0n) is 12.1. The van der Waals surface area contributed by atoms with Crippen molar-refractivity contribution >= 4 is 23.2 Å². The van der Waals surface area contributed by atoms with Gasteiger partial charge in [-0.05, 0) is 12.1 Å². The summed E-state index contributed by atoms with van der Waals surface area (Å²) in [5.41, 5.74) is 1.34. The van der Waals surface area contributed by atoms with E-state index in [-0.39, 0.29) is 24.1 Å². The van der Waals surface area contributed by atoms with Crippen LogP contribution in [0.25, 0.3) is 10.6 Å². The summed E-state index contributed by atoms with van der Waals surface area (Å²) in [6.45, 7) is 2.19. The van der Waals surface area contributed by atoms with Gasteiger partial charge < -0.3 is 10.6 Å². The van der Waals surface area contributed by atoms with Gasteiger partial charge in [0.25, 0.3) is 0 Å². The van der Waals surface area contributed by atoms with E-state index in [1.807, 2.05) is 0 Å². The molecule has 0 spiro atoms. The Morgan fingerprint density at radius 1 is 1.27 bits per heavy atom. The fourth-order valence-corrected chi connectivity index (χ4v) is 2.63. The fraction of sp³-hybridized carbons (Fsp3) is 0.267. The third kappa shape index (κ3) is 4.92. The molecule has 2 rings (SSSR count). The predicted octanol–water partition coefficient (Wildman–Crippen LogP) is 1.74.